The lowest BCUT2D eigenvalue weighted by Crippen LogP contribution is -2.20. The predicted molar refractivity (Wildman–Crippen MR) is 54.6 cm³/mol. The fourth-order valence-corrected chi connectivity index (χ4v) is 2.37. The molecule has 1 aliphatic heterocycles. The number of likely N-dealkylation sites (tertiary alicyclic amines) is 1. The fourth-order valence-electron chi connectivity index (χ4n) is 1.64. The van der Waals surface area contributed by atoms with Crippen molar-refractivity contribution in [1.29, 1.82) is 0 Å². The number of aromatic nitrogens is 1. The molecule has 1 N–H and O–H groups in total. The van der Waals surface area contributed by atoms with Crippen molar-refractivity contribution >= 4 is 11.5 Å². The van der Waals surface area contributed by atoms with Crippen LogP contribution in [0, 0.1) is 0 Å². The Hall–Kier alpha value is -0.650. The lowest BCUT2D eigenvalue weighted by atomic mass is 10.3. The maximum Gasteiger partial charge on any atom is 0.225 e. The van der Waals surface area contributed by atoms with Gasteiger partial charge in [0.15, 0.2) is 0 Å². The molecule has 1 aromatic rings. The van der Waals surface area contributed by atoms with Gasteiger partial charge in [0.2, 0.25) is 5.88 Å². The van der Waals surface area contributed by atoms with Gasteiger partial charge >= 0.3 is 0 Å². The highest BCUT2D eigenvalue weighted by atomic mass is 32.1. The summed E-state index contributed by atoms with van der Waals surface area (Å²) in [4.78, 5) is 3.42. The molecule has 1 fully saturated rings. The maximum atomic E-state index is 9.35. The van der Waals surface area contributed by atoms with Crippen molar-refractivity contribution in [3.8, 4) is 5.88 Å². The van der Waals surface area contributed by atoms with E-state index in [0.29, 0.717) is 5.88 Å². The molecule has 0 unspecified atom stereocenters. The Kier molecular flexibility index (Phi) is 3.00. The standard InChI is InChI=1S/C9H14N2O2S/c1-13-9-4-8(14-10-9)6-11-3-2-7(12)5-11/h4,7,12H,2-3,5-6H2,1H3/t7-/m0/s1. The minimum atomic E-state index is -0.148. The largest absolute Gasteiger partial charge is 0.480 e. The van der Waals surface area contributed by atoms with Crippen LogP contribution in [-0.4, -0.2) is 40.7 Å². The molecule has 0 radical (unpaired) electrons. The van der Waals surface area contributed by atoms with Gasteiger partial charge in [0.05, 0.1) is 13.2 Å². The van der Waals surface area contributed by atoms with Crippen molar-refractivity contribution in [2.45, 2.75) is 19.1 Å². The van der Waals surface area contributed by atoms with Gasteiger partial charge in [-0.05, 0) is 18.0 Å². The van der Waals surface area contributed by atoms with Gasteiger partial charge in [-0.25, -0.2) is 0 Å². The van der Waals surface area contributed by atoms with Crippen LogP contribution in [0.4, 0.5) is 0 Å². The van der Waals surface area contributed by atoms with Crippen LogP contribution in [0.5, 0.6) is 5.88 Å². The Balaban J connectivity index is 1.90. The van der Waals surface area contributed by atoms with Crippen molar-refractivity contribution in [1.82, 2.24) is 9.27 Å². The molecule has 14 heavy (non-hydrogen) atoms. The van der Waals surface area contributed by atoms with E-state index in [1.54, 1.807) is 7.11 Å². The van der Waals surface area contributed by atoms with Crippen molar-refractivity contribution in [2.24, 2.45) is 0 Å². The summed E-state index contributed by atoms with van der Waals surface area (Å²) in [5.41, 5.74) is 0. The molecular formula is C9H14N2O2S. The SMILES string of the molecule is COc1cc(CN2CC[C@H](O)C2)sn1. The zero-order valence-corrected chi connectivity index (χ0v) is 8.96. The van der Waals surface area contributed by atoms with E-state index < -0.39 is 0 Å². The smallest absolute Gasteiger partial charge is 0.225 e. The summed E-state index contributed by atoms with van der Waals surface area (Å²) in [6.45, 7) is 2.62. The first-order valence-electron chi connectivity index (χ1n) is 4.68. The van der Waals surface area contributed by atoms with Crippen molar-refractivity contribution < 1.29 is 9.84 Å². The second-order valence-corrected chi connectivity index (χ2v) is 4.40. The quantitative estimate of drug-likeness (QED) is 0.805. The lowest BCUT2D eigenvalue weighted by Gasteiger charge is -2.12. The number of nitrogens with zero attached hydrogens (tertiary/aromatic N) is 2. The highest BCUT2D eigenvalue weighted by Gasteiger charge is 2.20. The second-order valence-electron chi connectivity index (χ2n) is 3.51. The van der Waals surface area contributed by atoms with Crippen LogP contribution in [-0.2, 0) is 6.54 Å². The zero-order chi connectivity index (χ0) is 9.97. The molecule has 0 amide bonds. The van der Waals surface area contributed by atoms with E-state index in [-0.39, 0.29) is 6.10 Å². The number of aliphatic hydroxyl groups excluding tert-OH is 1. The van der Waals surface area contributed by atoms with Gasteiger partial charge in [0, 0.05) is 30.6 Å². The van der Waals surface area contributed by atoms with E-state index in [1.165, 1.54) is 16.4 Å². The Morgan fingerprint density at radius 2 is 2.64 bits per heavy atom. The third-order valence-electron chi connectivity index (χ3n) is 2.37. The summed E-state index contributed by atoms with van der Waals surface area (Å²) in [5.74, 6) is 0.685. The molecule has 0 aliphatic carbocycles. The molecular weight excluding hydrogens is 200 g/mol. The predicted octanol–water partition coefficient (Wildman–Crippen LogP) is 0.718. The van der Waals surface area contributed by atoms with Gasteiger partial charge in [-0.2, -0.15) is 4.37 Å². The van der Waals surface area contributed by atoms with Crippen LogP contribution in [0.3, 0.4) is 0 Å². The molecule has 0 spiro atoms. The number of methoxy groups -OCH3 is 1. The minimum Gasteiger partial charge on any atom is -0.480 e. The maximum absolute atomic E-state index is 9.35. The molecule has 1 aliphatic rings. The van der Waals surface area contributed by atoms with Gasteiger partial charge in [-0.1, -0.05) is 0 Å². The van der Waals surface area contributed by atoms with Crippen LogP contribution in [0.25, 0.3) is 0 Å². The molecule has 0 saturated carbocycles. The second kappa shape index (κ2) is 4.25. The Labute approximate surface area is 87.3 Å². The number of ether oxygens (including phenoxy) is 1. The number of hydrogen-bond acceptors (Lipinski definition) is 5. The summed E-state index contributed by atoms with van der Waals surface area (Å²) >= 11 is 1.46. The first kappa shape index (κ1) is 9.89. The molecule has 1 aromatic heterocycles. The molecule has 4 nitrogen and oxygen atoms in total. The van der Waals surface area contributed by atoms with Crippen molar-refractivity contribution in [2.75, 3.05) is 20.2 Å². The fraction of sp³-hybridized carbons (Fsp3) is 0.667. The number of rotatable bonds is 3. The average Bonchev–Trinajstić information content (AvgIpc) is 2.76. The molecule has 0 bridgehead atoms. The van der Waals surface area contributed by atoms with Gasteiger partial charge in [0.1, 0.15) is 0 Å². The normalized spacial score (nSPS) is 22.9. The molecule has 78 valence electrons. The van der Waals surface area contributed by atoms with Crippen LogP contribution >= 0.6 is 11.5 Å². The number of aliphatic hydroxyl groups is 1. The number of hydrogen-bond donors (Lipinski definition) is 1. The molecule has 2 heterocycles. The molecule has 5 heteroatoms. The third-order valence-corrected chi connectivity index (χ3v) is 3.13. The topological polar surface area (TPSA) is 45.6 Å². The first-order valence-corrected chi connectivity index (χ1v) is 5.45. The highest BCUT2D eigenvalue weighted by molar-refractivity contribution is 7.05. The highest BCUT2D eigenvalue weighted by Crippen LogP contribution is 2.20. The van der Waals surface area contributed by atoms with E-state index in [0.717, 1.165) is 26.1 Å². The summed E-state index contributed by atoms with van der Waals surface area (Å²) < 4.78 is 9.14. The lowest BCUT2D eigenvalue weighted by molar-refractivity contribution is 0.175. The Bertz CT molecular complexity index is 303. The van der Waals surface area contributed by atoms with Crippen LogP contribution < -0.4 is 4.74 Å². The van der Waals surface area contributed by atoms with Crippen LogP contribution in [0.1, 0.15) is 11.3 Å². The molecule has 0 aromatic carbocycles. The summed E-state index contributed by atoms with van der Waals surface area (Å²) in [6.07, 6.45) is 0.737. The zero-order valence-electron chi connectivity index (χ0n) is 8.14. The monoisotopic (exact) mass is 214 g/mol. The number of β-amino-alcohol motifs (C(OH)–C–C–N with tert-alkyl or cyclic N) is 1. The Morgan fingerprint density at radius 1 is 1.79 bits per heavy atom. The minimum absolute atomic E-state index is 0.148. The molecule has 2 rings (SSSR count). The molecule has 1 atom stereocenters. The van der Waals surface area contributed by atoms with Gasteiger partial charge in [0.25, 0.3) is 0 Å². The van der Waals surface area contributed by atoms with Gasteiger partial charge in [-0.15, -0.1) is 0 Å². The third kappa shape index (κ3) is 2.23. The average molecular weight is 214 g/mol. The molecule has 1 saturated heterocycles. The summed E-state index contributed by atoms with van der Waals surface area (Å²) in [7, 11) is 1.62. The van der Waals surface area contributed by atoms with E-state index in [9.17, 15) is 5.11 Å². The first-order chi connectivity index (χ1) is 6.78. The van der Waals surface area contributed by atoms with Crippen molar-refractivity contribution in [3.63, 3.8) is 0 Å². The summed E-state index contributed by atoms with van der Waals surface area (Å²) in [6, 6.07) is 1.95. The van der Waals surface area contributed by atoms with E-state index in [4.69, 9.17) is 4.74 Å². The van der Waals surface area contributed by atoms with Crippen LogP contribution in [0.2, 0.25) is 0 Å². The van der Waals surface area contributed by atoms with E-state index in [1.807, 2.05) is 6.07 Å². The summed E-state index contributed by atoms with van der Waals surface area (Å²) in [5, 5.41) is 9.35. The van der Waals surface area contributed by atoms with E-state index in [2.05, 4.69) is 9.27 Å². The van der Waals surface area contributed by atoms with Gasteiger partial charge < -0.3 is 9.84 Å². The van der Waals surface area contributed by atoms with Crippen LogP contribution in [0.15, 0.2) is 6.07 Å². The van der Waals surface area contributed by atoms with Gasteiger partial charge in [-0.3, -0.25) is 4.90 Å². The Morgan fingerprint density at radius 3 is 3.21 bits per heavy atom. The van der Waals surface area contributed by atoms with Crippen molar-refractivity contribution in [3.05, 3.63) is 10.9 Å². The van der Waals surface area contributed by atoms with E-state index >= 15 is 0 Å².